The third kappa shape index (κ3) is 3.87. The first-order chi connectivity index (χ1) is 9.74. The van der Waals surface area contributed by atoms with Crippen LogP contribution in [0.2, 0.25) is 0 Å². The van der Waals surface area contributed by atoms with Crippen molar-refractivity contribution < 1.29 is 0 Å². The second kappa shape index (κ2) is 7.50. The van der Waals surface area contributed by atoms with Crippen molar-refractivity contribution >= 4 is 11.8 Å². The van der Waals surface area contributed by atoms with Gasteiger partial charge in [0.05, 0.1) is 5.75 Å². The van der Waals surface area contributed by atoms with Gasteiger partial charge in [0.25, 0.3) is 0 Å². The average Bonchev–Trinajstić information content (AvgIpc) is 2.93. The lowest BCUT2D eigenvalue weighted by atomic mass is 10.1. The van der Waals surface area contributed by atoms with E-state index in [9.17, 15) is 0 Å². The molecule has 1 unspecified atom stereocenters. The fourth-order valence-electron chi connectivity index (χ4n) is 2.21. The maximum Gasteiger partial charge on any atom is 0.119 e. The summed E-state index contributed by atoms with van der Waals surface area (Å²) in [6, 6.07) is 9.17. The Morgan fingerprint density at radius 3 is 2.95 bits per heavy atom. The largest absolute Gasteiger partial charge is 0.335 e. The molecule has 4 heteroatoms. The van der Waals surface area contributed by atoms with E-state index in [4.69, 9.17) is 0 Å². The molecule has 1 atom stereocenters. The monoisotopic (exact) mass is 289 g/mol. The maximum atomic E-state index is 4.42. The minimum atomic E-state index is 0.401. The molecular weight excluding hydrogens is 266 g/mol. The zero-order valence-corrected chi connectivity index (χ0v) is 13.3. The molecule has 0 aliphatic heterocycles. The summed E-state index contributed by atoms with van der Waals surface area (Å²) in [5.74, 6) is 2.06. The number of benzene rings is 1. The highest BCUT2D eigenvalue weighted by molar-refractivity contribution is 7.98. The van der Waals surface area contributed by atoms with Crippen LogP contribution >= 0.6 is 11.8 Å². The second-order valence-electron chi connectivity index (χ2n) is 4.77. The molecule has 1 heterocycles. The summed E-state index contributed by atoms with van der Waals surface area (Å²) in [4.78, 5) is 5.72. The maximum absolute atomic E-state index is 4.42. The van der Waals surface area contributed by atoms with E-state index in [1.165, 1.54) is 10.5 Å². The van der Waals surface area contributed by atoms with E-state index in [0.717, 1.165) is 24.7 Å². The van der Waals surface area contributed by atoms with Gasteiger partial charge in [-0.2, -0.15) is 0 Å². The number of aromatic nitrogens is 2. The van der Waals surface area contributed by atoms with Gasteiger partial charge in [0.15, 0.2) is 0 Å². The van der Waals surface area contributed by atoms with Crippen LogP contribution in [0.1, 0.15) is 38.2 Å². The van der Waals surface area contributed by atoms with Crippen molar-refractivity contribution in [2.24, 2.45) is 0 Å². The van der Waals surface area contributed by atoms with E-state index >= 15 is 0 Å². The first kappa shape index (κ1) is 15.1. The van der Waals surface area contributed by atoms with E-state index in [0.29, 0.717) is 6.04 Å². The number of thioether (sulfide) groups is 1. The van der Waals surface area contributed by atoms with Gasteiger partial charge >= 0.3 is 0 Å². The van der Waals surface area contributed by atoms with Gasteiger partial charge in [0.2, 0.25) is 0 Å². The SMILES string of the molecule is CCNC(C)c1cccc(SCc2nccn2CC)c1. The minimum absolute atomic E-state index is 0.401. The fourth-order valence-corrected chi connectivity index (χ4v) is 3.14. The van der Waals surface area contributed by atoms with E-state index < -0.39 is 0 Å². The Bertz CT molecular complexity index is 536. The first-order valence-electron chi connectivity index (χ1n) is 7.20. The van der Waals surface area contributed by atoms with Crippen LogP contribution < -0.4 is 5.32 Å². The Kier molecular flexibility index (Phi) is 5.68. The van der Waals surface area contributed by atoms with Crippen molar-refractivity contribution in [2.75, 3.05) is 6.54 Å². The number of rotatable bonds is 7. The van der Waals surface area contributed by atoms with Gasteiger partial charge in [-0.05, 0) is 38.1 Å². The summed E-state index contributed by atoms with van der Waals surface area (Å²) < 4.78 is 2.19. The fraction of sp³-hybridized carbons (Fsp3) is 0.438. The van der Waals surface area contributed by atoms with Gasteiger partial charge < -0.3 is 9.88 Å². The molecule has 108 valence electrons. The Morgan fingerprint density at radius 2 is 2.20 bits per heavy atom. The summed E-state index contributed by atoms with van der Waals surface area (Å²) in [5.41, 5.74) is 1.34. The molecule has 0 spiro atoms. The van der Waals surface area contributed by atoms with Crippen molar-refractivity contribution in [1.82, 2.24) is 14.9 Å². The average molecular weight is 289 g/mol. The number of hydrogen-bond donors (Lipinski definition) is 1. The number of hydrogen-bond acceptors (Lipinski definition) is 3. The van der Waals surface area contributed by atoms with Gasteiger partial charge in [-0.25, -0.2) is 4.98 Å². The number of aryl methyl sites for hydroxylation is 1. The third-order valence-corrected chi connectivity index (χ3v) is 4.37. The summed E-state index contributed by atoms with van der Waals surface area (Å²) in [7, 11) is 0. The van der Waals surface area contributed by atoms with Crippen molar-refractivity contribution in [1.29, 1.82) is 0 Å². The van der Waals surface area contributed by atoms with Crippen LogP contribution in [0.3, 0.4) is 0 Å². The van der Waals surface area contributed by atoms with Gasteiger partial charge in [-0.15, -0.1) is 11.8 Å². The van der Waals surface area contributed by atoms with Crippen LogP contribution in [-0.4, -0.2) is 16.1 Å². The molecule has 0 aliphatic carbocycles. The molecule has 0 fully saturated rings. The zero-order chi connectivity index (χ0) is 14.4. The van der Waals surface area contributed by atoms with Crippen LogP contribution in [0.15, 0.2) is 41.6 Å². The van der Waals surface area contributed by atoms with E-state index in [-0.39, 0.29) is 0 Å². The Balaban J connectivity index is 2.01. The van der Waals surface area contributed by atoms with E-state index in [1.54, 1.807) is 0 Å². The summed E-state index contributed by atoms with van der Waals surface area (Å²) in [6.07, 6.45) is 3.92. The molecule has 0 bridgehead atoms. The molecule has 2 aromatic rings. The molecular formula is C16H23N3S. The number of nitrogens with one attached hydrogen (secondary N) is 1. The molecule has 3 nitrogen and oxygen atoms in total. The molecule has 0 aliphatic rings. The zero-order valence-electron chi connectivity index (χ0n) is 12.5. The predicted molar refractivity (Wildman–Crippen MR) is 86.0 cm³/mol. The Morgan fingerprint density at radius 1 is 1.35 bits per heavy atom. The van der Waals surface area contributed by atoms with Crippen molar-refractivity contribution in [3.8, 4) is 0 Å². The van der Waals surface area contributed by atoms with Gasteiger partial charge in [0.1, 0.15) is 5.82 Å². The Labute approximate surface area is 125 Å². The highest BCUT2D eigenvalue weighted by Crippen LogP contribution is 2.25. The molecule has 1 N–H and O–H groups in total. The van der Waals surface area contributed by atoms with Crippen molar-refractivity contribution in [3.05, 3.63) is 48.0 Å². The summed E-state index contributed by atoms with van der Waals surface area (Å²) in [6.45, 7) is 8.46. The van der Waals surface area contributed by atoms with Crippen molar-refractivity contribution in [2.45, 2.75) is 44.0 Å². The van der Waals surface area contributed by atoms with Crippen LogP contribution in [0.5, 0.6) is 0 Å². The van der Waals surface area contributed by atoms with Crippen LogP contribution in [0.4, 0.5) is 0 Å². The van der Waals surface area contributed by atoms with Gasteiger partial charge in [-0.3, -0.25) is 0 Å². The molecule has 1 aromatic heterocycles. The molecule has 0 amide bonds. The molecule has 1 aromatic carbocycles. The van der Waals surface area contributed by atoms with Gasteiger partial charge in [0, 0.05) is 29.9 Å². The summed E-state index contributed by atoms with van der Waals surface area (Å²) in [5, 5.41) is 3.45. The lowest BCUT2D eigenvalue weighted by Crippen LogP contribution is -2.17. The van der Waals surface area contributed by atoms with Crippen LogP contribution in [0, 0.1) is 0 Å². The molecule has 0 saturated carbocycles. The standard InChI is InChI=1S/C16H23N3S/c1-4-17-13(3)14-7-6-8-15(11-14)20-12-16-18-9-10-19(16)5-2/h6-11,13,17H,4-5,12H2,1-3H3. The first-order valence-corrected chi connectivity index (χ1v) is 8.19. The van der Waals surface area contributed by atoms with Crippen molar-refractivity contribution in [3.63, 3.8) is 0 Å². The highest BCUT2D eigenvalue weighted by atomic mass is 32.2. The van der Waals surface area contributed by atoms with Crippen LogP contribution in [0.25, 0.3) is 0 Å². The normalized spacial score (nSPS) is 12.6. The van der Waals surface area contributed by atoms with E-state index in [1.807, 2.05) is 24.2 Å². The molecule has 20 heavy (non-hydrogen) atoms. The third-order valence-electron chi connectivity index (χ3n) is 3.38. The smallest absolute Gasteiger partial charge is 0.119 e. The second-order valence-corrected chi connectivity index (χ2v) is 5.82. The minimum Gasteiger partial charge on any atom is -0.335 e. The summed E-state index contributed by atoms with van der Waals surface area (Å²) >= 11 is 1.85. The number of nitrogens with zero attached hydrogens (tertiary/aromatic N) is 2. The number of imidazole rings is 1. The molecule has 0 radical (unpaired) electrons. The lowest BCUT2D eigenvalue weighted by Gasteiger charge is -2.13. The molecule has 2 rings (SSSR count). The quantitative estimate of drug-likeness (QED) is 0.785. The predicted octanol–water partition coefficient (Wildman–Crippen LogP) is 3.87. The Hall–Kier alpha value is -1.26. The topological polar surface area (TPSA) is 29.9 Å². The van der Waals surface area contributed by atoms with Crippen LogP contribution in [-0.2, 0) is 12.3 Å². The lowest BCUT2D eigenvalue weighted by molar-refractivity contribution is 0.597. The van der Waals surface area contributed by atoms with Gasteiger partial charge in [-0.1, -0.05) is 19.1 Å². The molecule has 0 saturated heterocycles. The van der Waals surface area contributed by atoms with E-state index in [2.05, 4.69) is 59.9 Å². The highest BCUT2D eigenvalue weighted by Gasteiger charge is 2.06.